The Morgan fingerprint density at radius 2 is 2.00 bits per heavy atom. The number of halogens is 1. The molecule has 0 aliphatic carbocycles. The van der Waals surface area contributed by atoms with E-state index in [1.807, 2.05) is 6.92 Å². The molecule has 3 aliphatic heterocycles. The number of ether oxygens (including phenoxy) is 2. The summed E-state index contributed by atoms with van der Waals surface area (Å²) in [6.45, 7) is 6.65. The SMILES string of the molecule is CC1CC(c2ccc(-c3ccc(N4CC(Cn5ccnn5)OC4=O)cc3F)cn2)=NO1.CN1CCOCC1. The molecule has 11 nitrogen and oxygen atoms in total. The Morgan fingerprint density at radius 3 is 2.61 bits per heavy atom. The maximum absolute atomic E-state index is 14.9. The first kappa shape index (κ1) is 25.7. The van der Waals surface area contributed by atoms with Crippen LogP contribution in [-0.4, -0.2) is 88.8 Å². The fourth-order valence-electron chi connectivity index (χ4n) is 4.30. The largest absolute Gasteiger partial charge is 0.442 e. The highest BCUT2D eigenvalue weighted by atomic mass is 19.1. The number of nitrogens with zero attached hydrogens (tertiary/aromatic N) is 7. The van der Waals surface area contributed by atoms with Crippen LogP contribution < -0.4 is 4.90 Å². The third-order valence-electron chi connectivity index (χ3n) is 6.43. The van der Waals surface area contributed by atoms with E-state index in [1.54, 1.807) is 47.5 Å². The molecule has 1 aromatic carbocycles. The molecule has 0 N–H and O–H groups in total. The van der Waals surface area contributed by atoms with E-state index in [2.05, 4.69) is 32.4 Å². The third-order valence-corrected chi connectivity index (χ3v) is 6.43. The molecule has 0 radical (unpaired) electrons. The molecule has 0 spiro atoms. The number of rotatable bonds is 5. The summed E-state index contributed by atoms with van der Waals surface area (Å²) in [5, 5.41) is 11.6. The predicted octanol–water partition coefficient (Wildman–Crippen LogP) is 2.97. The Labute approximate surface area is 219 Å². The molecule has 6 rings (SSSR count). The second-order valence-electron chi connectivity index (χ2n) is 9.41. The number of aromatic nitrogens is 4. The summed E-state index contributed by atoms with van der Waals surface area (Å²) in [7, 11) is 2.11. The van der Waals surface area contributed by atoms with Crippen LogP contribution in [0.4, 0.5) is 14.9 Å². The quantitative estimate of drug-likeness (QED) is 0.503. The number of cyclic esters (lactones) is 1. The lowest BCUT2D eigenvalue weighted by Gasteiger charge is -2.21. The van der Waals surface area contributed by atoms with Crippen molar-refractivity contribution in [3.63, 3.8) is 0 Å². The lowest BCUT2D eigenvalue weighted by molar-refractivity contribution is 0.0503. The van der Waals surface area contributed by atoms with E-state index in [0.29, 0.717) is 42.0 Å². The monoisotopic (exact) mass is 523 g/mol. The van der Waals surface area contributed by atoms with E-state index in [1.165, 1.54) is 11.0 Å². The van der Waals surface area contributed by atoms with Gasteiger partial charge in [0, 0.05) is 43.0 Å². The van der Waals surface area contributed by atoms with Gasteiger partial charge in [-0.1, -0.05) is 16.4 Å². The minimum Gasteiger partial charge on any atom is -0.442 e. The molecule has 200 valence electrons. The zero-order chi connectivity index (χ0) is 26.5. The van der Waals surface area contributed by atoms with Crippen LogP contribution in [-0.2, 0) is 20.9 Å². The van der Waals surface area contributed by atoms with Gasteiger partial charge in [-0.2, -0.15) is 0 Å². The number of morpholine rings is 1. The number of benzene rings is 1. The van der Waals surface area contributed by atoms with E-state index in [-0.39, 0.29) is 12.2 Å². The van der Waals surface area contributed by atoms with Crippen molar-refractivity contribution in [2.45, 2.75) is 32.1 Å². The van der Waals surface area contributed by atoms with Crippen LogP contribution in [0.5, 0.6) is 0 Å². The van der Waals surface area contributed by atoms with Gasteiger partial charge in [0.1, 0.15) is 23.7 Å². The average Bonchev–Trinajstić information content (AvgIpc) is 3.67. The molecule has 2 atom stereocenters. The highest BCUT2D eigenvalue weighted by Gasteiger charge is 2.33. The molecule has 1 amide bonds. The van der Waals surface area contributed by atoms with Crippen LogP contribution in [0.1, 0.15) is 19.0 Å². The summed E-state index contributed by atoms with van der Waals surface area (Å²) in [4.78, 5) is 25.5. The topological polar surface area (TPSA) is 107 Å². The molecule has 38 heavy (non-hydrogen) atoms. The summed E-state index contributed by atoms with van der Waals surface area (Å²) >= 11 is 0. The van der Waals surface area contributed by atoms with E-state index < -0.39 is 11.9 Å². The van der Waals surface area contributed by atoms with Gasteiger partial charge >= 0.3 is 6.09 Å². The molecule has 0 bridgehead atoms. The standard InChI is InChI=1S/C21H19FN6O3.C5H11NO/c1-13-8-20(25-31-13)19-5-2-14(10-23-19)17-4-3-15(9-18(17)22)28-12-16(30-21(28)29)11-27-7-6-24-26-27;1-6-2-4-7-5-3-6/h2-7,9-10,13,16H,8,11-12H2,1H3;2-5H2,1H3. The van der Waals surface area contributed by atoms with Crippen molar-refractivity contribution in [1.29, 1.82) is 0 Å². The van der Waals surface area contributed by atoms with Crippen LogP contribution in [0.25, 0.3) is 11.1 Å². The predicted molar refractivity (Wildman–Crippen MR) is 137 cm³/mol. The van der Waals surface area contributed by atoms with Crippen molar-refractivity contribution >= 4 is 17.5 Å². The zero-order valence-corrected chi connectivity index (χ0v) is 21.4. The van der Waals surface area contributed by atoms with Gasteiger partial charge in [-0.15, -0.1) is 5.10 Å². The lowest BCUT2D eigenvalue weighted by atomic mass is 10.0. The molecule has 2 unspecified atom stereocenters. The molecule has 5 heterocycles. The van der Waals surface area contributed by atoms with Gasteiger partial charge in [-0.05, 0) is 38.2 Å². The second kappa shape index (κ2) is 11.7. The van der Waals surface area contributed by atoms with Gasteiger partial charge < -0.3 is 19.2 Å². The number of carbonyl (C=O) groups excluding carboxylic acids is 1. The first-order valence-corrected chi connectivity index (χ1v) is 12.5. The van der Waals surface area contributed by atoms with Crippen molar-refractivity contribution in [3.8, 4) is 11.1 Å². The number of amides is 1. The van der Waals surface area contributed by atoms with E-state index in [0.717, 1.165) is 32.0 Å². The van der Waals surface area contributed by atoms with Crippen molar-refractivity contribution < 1.29 is 23.5 Å². The molecule has 2 saturated heterocycles. The van der Waals surface area contributed by atoms with Gasteiger partial charge in [-0.3, -0.25) is 9.88 Å². The Balaban J connectivity index is 0.000000366. The van der Waals surface area contributed by atoms with Crippen LogP contribution in [0.3, 0.4) is 0 Å². The molecule has 3 aromatic rings. The van der Waals surface area contributed by atoms with Crippen molar-refractivity contribution in [3.05, 3.63) is 60.4 Å². The average molecular weight is 524 g/mol. The van der Waals surface area contributed by atoms with E-state index in [9.17, 15) is 9.18 Å². The van der Waals surface area contributed by atoms with E-state index >= 15 is 0 Å². The van der Waals surface area contributed by atoms with Crippen LogP contribution >= 0.6 is 0 Å². The lowest BCUT2D eigenvalue weighted by Crippen LogP contribution is -2.32. The highest BCUT2D eigenvalue weighted by molar-refractivity contribution is 5.99. The zero-order valence-electron chi connectivity index (χ0n) is 21.4. The summed E-state index contributed by atoms with van der Waals surface area (Å²) in [6.07, 6.45) is 4.68. The van der Waals surface area contributed by atoms with Crippen LogP contribution in [0.15, 0.2) is 54.1 Å². The van der Waals surface area contributed by atoms with Gasteiger partial charge in [0.2, 0.25) is 0 Å². The van der Waals surface area contributed by atoms with Crippen molar-refractivity contribution in [1.82, 2.24) is 24.9 Å². The van der Waals surface area contributed by atoms with Gasteiger partial charge in [0.25, 0.3) is 0 Å². The van der Waals surface area contributed by atoms with Crippen molar-refractivity contribution in [2.75, 3.05) is 44.8 Å². The summed E-state index contributed by atoms with van der Waals surface area (Å²) in [6, 6.07) is 8.26. The fraction of sp³-hybridized carbons (Fsp3) is 0.423. The van der Waals surface area contributed by atoms with Gasteiger partial charge in [-0.25, -0.2) is 13.9 Å². The van der Waals surface area contributed by atoms with E-state index in [4.69, 9.17) is 14.3 Å². The minimum absolute atomic E-state index is 0.0366. The molecular formula is C26H30FN7O4. The smallest absolute Gasteiger partial charge is 0.414 e. The summed E-state index contributed by atoms with van der Waals surface area (Å²) in [5.74, 6) is -0.449. The second-order valence-corrected chi connectivity index (χ2v) is 9.41. The van der Waals surface area contributed by atoms with Crippen LogP contribution in [0, 0.1) is 5.82 Å². The Hall–Kier alpha value is -3.90. The number of oxime groups is 1. The first-order chi connectivity index (χ1) is 18.5. The maximum Gasteiger partial charge on any atom is 0.414 e. The molecular weight excluding hydrogens is 493 g/mol. The third kappa shape index (κ3) is 6.14. The molecule has 3 aliphatic rings. The molecule has 0 saturated carbocycles. The van der Waals surface area contributed by atoms with Gasteiger partial charge in [0.15, 0.2) is 0 Å². The number of hydrogen-bond donors (Lipinski definition) is 0. The summed E-state index contributed by atoms with van der Waals surface area (Å²) < 4.78 is 27.0. The number of pyridine rings is 1. The molecule has 12 heteroatoms. The number of likely N-dealkylation sites (N-methyl/N-ethyl adjacent to an activating group) is 1. The maximum atomic E-state index is 14.9. The summed E-state index contributed by atoms with van der Waals surface area (Å²) in [5.41, 5.74) is 2.95. The number of hydrogen-bond acceptors (Lipinski definition) is 9. The minimum atomic E-state index is -0.517. The Morgan fingerprint density at radius 1 is 1.16 bits per heavy atom. The molecule has 2 fully saturated rings. The van der Waals surface area contributed by atoms with Gasteiger partial charge in [0.05, 0.1) is 43.9 Å². The number of anilines is 1. The fourth-order valence-corrected chi connectivity index (χ4v) is 4.30. The van der Waals surface area contributed by atoms with Crippen molar-refractivity contribution in [2.24, 2.45) is 5.16 Å². The Kier molecular flexibility index (Phi) is 7.89. The Bertz CT molecular complexity index is 1260. The normalized spacial score (nSPS) is 21.4. The highest BCUT2D eigenvalue weighted by Crippen LogP contribution is 2.29. The number of carbonyl (C=O) groups is 1. The first-order valence-electron chi connectivity index (χ1n) is 12.5. The molecule has 2 aromatic heterocycles. The van der Waals surface area contributed by atoms with Crippen LogP contribution in [0.2, 0.25) is 0 Å².